The SMILES string of the molecule is CCCCCCSc1cccc(C(=O)NC)c1. The van der Waals surface area contributed by atoms with Gasteiger partial charge in [-0.1, -0.05) is 32.3 Å². The predicted octanol–water partition coefficient (Wildman–Crippen LogP) is 3.72. The van der Waals surface area contributed by atoms with Gasteiger partial charge in [0.25, 0.3) is 5.91 Å². The van der Waals surface area contributed by atoms with Crippen molar-refractivity contribution in [2.75, 3.05) is 12.8 Å². The van der Waals surface area contributed by atoms with Gasteiger partial charge in [-0.15, -0.1) is 11.8 Å². The van der Waals surface area contributed by atoms with Crippen LogP contribution in [0.25, 0.3) is 0 Å². The number of amides is 1. The van der Waals surface area contributed by atoms with Crippen LogP contribution in [0.1, 0.15) is 43.0 Å². The van der Waals surface area contributed by atoms with E-state index in [4.69, 9.17) is 0 Å². The van der Waals surface area contributed by atoms with Crippen molar-refractivity contribution in [2.24, 2.45) is 0 Å². The molecule has 17 heavy (non-hydrogen) atoms. The molecular formula is C14H21NOS. The highest BCUT2D eigenvalue weighted by molar-refractivity contribution is 7.99. The van der Waals surface area contributed by atoms with E-state index in [0.29, 0.717) is 0 Å². The Bertz CT molecular complexity index is 352. The lowest BCUT2D eigenvalue weighted by Crippen LogP contribution is -2.17. The molecule has 0 aliphatic heterocycles. The Hall–Kier alpha value is -0.960. The second-order valence-corrected chi connectivity index (χ2v) is 5.18. The van der Waals surface area contributed by atoms with Gasteiger partial charge in [0.15, 0.2) is 0 Å². The van der Waals surface area contributed by atoms with Gasteiger partial charge in [0.1, 0.15) is 0 Å². The van der Waals surface area contributed by atoms with Crippen LogP contribution < -0.4 is 5.32 Å². The van der Waals surface area contributed by atoms with Crippen molar-refractivity contribution in [2.45, 2.75) is 37.5 Å². The Morgan fingerprint density at radius 2 is 2.12 bits per heavy atom. The van der Waals surface area contributed by atoms with Crippen molar-refractivity contribution in [1.82, 2.24) is 5.32 Å². The molecule has 0 spiro atoms. The summed E-state index contributed by atoms with van der Waals surface area (Å²) in [5.74, 6) is 1.12. The highest BCUT2D eigenvalue weighted by Gasteiger charge is 2.03. The predicted molar refractivity (Wildman–Crippen MR) is 74.7 cm³/mol. The van der Waals surface area contributed by atoms with Crippen LogP contribution in [0.2, 0.25) is 0 Å². The molecule has 0 aliphatic rings. The Morgan fingerprint density at radius 1 is 1.29 bits per heavy atom. The number of benzene rings is 1. The van der Waals surface area contributed by atoms with Gasteiger partial charge in [-0.05, 0) is 30.4 Å². The molecule has 0 atom stereocenters. The van der Waals surface area contributed by atoms with E-state index in [2.05, 4.69) is 18.3 Å². The van der Waals surface area contributed by atoms with Crippen molar-refractivity contribution in [3.05, 3.63) is 29.8 Å². The van der Waals surface area contributed by atoms with Gasteiger partial charge < -0.3 is 5.32 Å². The lowest BCUT2D eigenvalue weighted by atomic mass is 10.2. The zero-order chi connectivity index (χ0) is 12.5. The fourth-order valence-electron chi connectivity index (χ4n) is 1.59. The summed E-state index contributed by atoms with van der Waals surface area (Å²) in [5.41, 5.74) is 0.742. The van der Waals surface area contributed by atoms with E-state index in [9.17, 15) is 4.79 Å². The second-order valence-electron chi connectivity index (χ2n) is 4.02. The quantitative estimate of drug-likeness (QED) is 0.591. The fourth-order valence-corrected chi connectivity index (χ4v) is 2.56. The van der Waals surface area contributed by atoms with E-state index in [0.717, 1.165) is 11.3 Å². The molecule has 1 aromatic carbocycles. The first-order valence-electron chi connectivity index (χ1n) is 6.23. The lowest BCUT2D eigenvalue weighted by Gasteiger charge is -2.04. The van der Waals surface area contributed by atoms with Gasteiger partial charge in [-0.3, -0.25) is 4.79 Å². The largest absolute Gasteiger partial charge is 0.355 e. The zero-order valence-corrected chi connectivity index (χ0v) is 11.5. The van der Waals surface area contributed by atoms with Crippen LogP contribution in [0.5, 0.6) is 0 Å². The summed E-state index contributed by atoms with van der Waals surface area (Å²) in [6, 6.07) is 7.82. The van der Waals surface area contributed by atoms with E-state index >= 15 is 0 Å². The molecule has 1 rings (SSSR count). The summed E-state index contributed by atoms with van der Waals surface area (Å²) in [6.45, 7) is 2.22. The maximum Gasteiger partial charge on any atom is 0.251 e. The highest BCUT2D eigenvalue weighted by Crippen LogP contribution is 2.20. The second kappa shape index (κ2) is 8.18. The molecule has 94 valence electrons. The third-order valence-corrected chi connectivity index (χ3v) is 3.67. The van der Waals surface area contributed by atoms with E-state index in [1.54, 1.807) is 7.05 Å². The summed E-state index contributed by atoms with van der Waals surface area (Å²) in [4.78, 5) is 12.6. The number of carbonyl (C=O) groups is 1. The molecule has 0 aromatic heterocycles. The minimum atomic E-state index is -0.0153. The Balaban J connectivity index is 2.40. The topological polar surface area (TPSA) is 29.1 Å². The van der Waals surface area contributed by atoms with E-state index < -0.39 is 0 Å². The van der Waals surface area contributed by atoms with Crippen molar-refractivity contribution in [3.8, 4) is 0 Å². The molecule has 0 aliphatic carbocycles. The fraction of sp³-hybridized carbons (Fsp3) is 0.500. The van der Waals surface area contributed by atoms with Crippen LogP contribution in [-0.4, -0.2) is 18.7 Å². The zero-order valence-electron chi connectivity index (χ0n) is 10.7. The molecule has 0 radical (unpaired) electrons. The number of hydrogen-bond acceptors (Lipinski definition) is 2. The first-order chi connectivity index (χ1) is 8.27. The Kier molecular flexibility index (Phi) is 6.78. The number of rotatable bonds is 7. The molecule has 3 heteroatoms. The molecule has 1 aromatic rings. The molecule has 2 nitrogen and oxygen atoms in total. The number of unbranched alkanes of at least 4 members (excludes halogenated alkanes) is 3. The normalized spacial score (nSPS) is 10.2. The third kappa shape index (κ3) is 5.26. The van der Waals surface area contributed by atoms with Crippen molar-refractivity contribution in [1.29, 1.82) is 0 Å². The van der Waals surface area contributed by atoms with Crippen molar-refractivity contribution in [3.63, 3.8) is 0 Å². The number of hydrogen-bond donors (Lipinski definition) is 1. The summed E-state index contributed by atoms with van der Waals surface area (Å²) in [7, 11) is 1.66. The monoisotopic (exact) mass is 251 g/mol. The molecule has 0 bridgehead atoms. The minimum Gasteiger partial charge on any atom is -0.355 e. The number of carbonyl (C=O) groups excluding carboxylic acids is 1. The van der Waals surface area contributed by atoms with Gasteiger partial charge in [-0.25, -0.2) is 0 Å². The molecule has 1 N–H and O–H groups in total. The molecular weight excluding hydrogens is 230 g/mol. The van der Waals surface area contributed by atoms with Crippen molar-refractivity contribution < 1.29 is 4.79 Å². The number of thioether (sulfide) groups is 1. The molecule has 0 saturated heterocycles. The summed E-state index contributed by atoms with van der Waals surface area (Å²) in [5, 5.41) is 2.64. The summed E-state index contributed by atoms with van der Waals surface area (Å²) < 4.78 is 0. The van der Waals surface area contributed by atoms with E-state index in [-0.39, 0.29) is 5.91 Å². The van der Waals surface area contributed by atoms with Gasteiger partial charge in [0, 0.05) is 17.5 Å². The van der Waals surface area contributed by atoms with Crippen LogP contribution in [0.3, 0.4) is 0 Å². The summed E-state index contributed by atoms with van der Waals surface area (Å²) >= 11 is 1.83. The average molecular weight is 251 g/mol. The third-order valence-electron chi connectivity index (χ3n) is 2.59. The van der Waals surface area contributed by atoms with Crippen LogP contribution in [0.15, 0.2) is 29.2 Å². The van der Waals surface area contributed by atoms with E-state index in [1.807, 2.05) is 30.0 Å². The average Bonchev–Trinajstić information content (AvgIpc) is 2.38. The van der Waals surface area contributed by atoms with Crippen LogP contribution >= 0.6 is 11.8 Å². The molecule has 0 saturated carbocycles. The first kappa shape index (κ1) is 14.1. The summed E-state index contributed by atoms with van der Waals surface area (Å²) in [6.07, 6.45) is 5.15. The van der Waals surface area contributed by atoms with Crippen LogP contribution in [0.4, 0.5) is 0 Å². The Morgan fingerprint density at radius 3 is 2.82 bits per heavy atom. The molecule has 1 amide bonds. The number of nitrogens with one attached hydrogen (secondary N) is 1. The van der Waals surface area contributed by atoms with Crippen LogP contribution in [-0.2, 0) is 0 Å². The molecule has 0 unspecified atom stereocenters. The van der Waals surface area contributed by atoms with Crippen LogP contribution in [0, 0.1) is 0 Å². The molecule has 0 heterocycles. The van der Waals surface area contributed by atoms with Gasteiger partial charge in [0.05, 0.1) is 0 Å². The van der Waals surface area contributed by atoms with E-state index in [1.165, 1.54) is 30.6 Å². The van der Waals surface area contributed by atoms with Crippen molar-refractivity contribution >= 4 is 17.7 Å². The lowest BCUT2D eigenvalue weighted by molar-refractivity contribution is 0.0963. The maximum atomic E-state index is 11.5. The van der Waals surface area contributed by atoms with Gasteiger partial charge >= 0.3 is 0 Å². The first-order valence-corrected chi connectivity index (χ1v) is 7.21. The van der Waals surface area contributed by atoms with Gasteiger partial charge in [0.2, 0.25) is 0 Å². The molecule has 0 fully saturated rings. The standard InChI is InChI=1S/C14H21NOS/c1-3-4-5-6-10-17-13-9-7-8-12(11-13)14(16)15-2/h7-9,11H,3-6,10H2,1-2H3,(H,15,16). The highest BCUT2D eigenvalue weighted by atomic mass is 32.2. The minimum absolute atomic E-state index is 0.0153. The Labute approximate surface area is 108 Å². The smallest absolute Gasteiger partial charge is 0.251 e. The van der Waals surface area contributed by atoms with Gasteiger partial charge in [-0.2, -0.15) is 0 Å². The maximum absolute atomic E-state index is 11.5.